The smallest absolute Gasteiger partial charge is 1.00 e. The summed E-state index contributed by atoms with van der Waals surface area (Å²) in [6.07, 6.45) is 0.441. The Labute approximate surface area is 79.7 Å². The molecule has 0 aliphatic heterocycles. The number of hydrogen-bond acceptors (Lipinski definition) is 4. The van der Waals surface area contributed by atoms with E-state index < -0.39 is 10.4 Å². The summed E-state index contributed by atoms with van der Waals surface area (Å²) < 4.78 is 36.4. The maximum Gasteiger partial charge on any atom is 1.00 e. The van der Waals surface area contributed by atoms with Crippen molar-refractivity contribution in [2.75, 3.05) is 20.3 Å². The average molecular weight is 178 g/mol. The first-order chi connectivity index (χ1) is 4.56. The molecule has 0 rings (SSSR count). The molecule has 0 aliphatic carbocycles. The van der Waals surface area contributed by atoms with Gasteiger partial charge in [0.05, 0.1) is 6.61 Å². The molecule has 0 spiro atoms. The summed E-state index contributed by atoms with van der Waals surface area (Å²) in [5, 5.41) is 0. The molecule has 0 saturated carbocycles. The molecule has 0 heterocycles. The van der Waals surface area contributed by atoms with Crippen molar-refractivity contribution in [2.45, 2.75) is 6.42 Å². The van der Waals surface area contributed by atoms with Gasteiger partial charge in [-0.3, -0.25) is 4.55 Å². The minimum absolute atomic E-state index is 0. The Morgan fingerprint density at radius 2 is 2.00 bits per heavy atom. The van der Waals surface area contributed by atoms with Crippen LogP contribution in [-0.2, 0) is 19.3 Å². The summed E-state index contributed by atoms with van der Waals surface area (Å²) in [6.45, 7) is 0.363. The van der Waals surface area contributed by atoms with Gasteiger partial charge in [0.25, 0.3) is 0 Å². The monoisotopic (exact) mass is 178 g/mol. The van der Waals surface area contributed by atoms with Crippen molar-refractivity contribution in [3.8, 4) is 0 Å². The maximum atomic E-state index is 9.89. The number of rotatable bonds is 5. The van der Waals surface area contributed by atoms with Gasteiger partial charge in [-0.15, -0.1) is 0 Å². The van der Waals surface area contributed by atoms with Crippen LogP contribution >= 0.6 is 0 Å². The second-order valence-electron chi connectivity index (χ2n) is 1.60. The van der Waals surface area contributed by atoms with Gasteiger partial charge in [-0.25, -0.2) is 4.18 Å². The predicted octanol–water partition coefficient (Wildman–Crippen LogP) is -3.04. The van der Waals surface area contributed by atoms with E-state index in [1.807, 2.05) is 0 Å². The SMILES string of the molecule is COCCCOS(=O)(=O)O.[H-].[Li+]. The molecule has 0 amide bonds. The van der Waals surface area contributed by atoms with Crippen molar-refractivity contribution in [1.82, 2.24) is 0 Å². The van der Waals surface area contributed by atoms with Gasteiger partial charge >= 0.3 is 29.3 Å². The third-order valence-corrected chi connectivity index (χ3v) is 1.19. The van der Waals surface area contributed by atoms with E-state index in [1.165, 1.54) is 7.11 Å². The third kappa shape index (κ3) is 13.4. The van der Waals surface area contributed by atoms with E-state index in [0.29, 0.717) is 13.0 Å². The molecule has 0 aromatic carbocycles. The van der Waals surface area contributed by atoms with Crippen molar-refractivity contribution in [3.05, 3.63) is 0 Å². The fourth-order valence-corrected chi connectivity index (χ4v) is 0.696. The minimum atomic E-state index is -4.26. The molecule has 64 valence electrons. The summed E-state index contributed by atoms with van der Waals surface area (Å²) in [5.41, 5.74) is 0. The molecule has 0 saturated heterocycles. The molecule has 0 aromatic rings. The van der Waals surface area contributed by atoms with Gasteiger partial charge in [-0.1, -0.05) is 0 Å². The van der Waals surface area contributed by atoms with Crippen molar-refractivity contribution in [3.63, 3.8) is 0 Å². The van der Waals surface area contributed by atoms with Gasteiger partial charge in [0, 0.05) is 13.7 Å². The van der Waals surface area contributed by atoms with Crippen LogP contribution in [0.5, 0.6) is 0 Å². The molecule has 0 radical (unpaired) electrons. The summed E-state index contributed by atoms with van der Waals surface area (Å²) in [7, 11) is -2.77. The topological polar surface area (TPSA) is 72.8 Å². The first-order valence-electron chi connectivity index (χ1n) is 2.67. The molecule has 5 nitrogen and oxygen atoms in total. The Morgan fingerprint density at radius 3 is 2.36 bits per heavy atom. The normalized spacial score (nSPS) is 10.7. The summed E-state index contributed by atoms with van der Waals surface area (Å²) in [4.78, 5) is 0. The van der Waals surface area contributed by atoms with Crippen LogP contribution in [0.1, 0.15) is 7.85 Å². The molecular weight excluding hydrogens is 167 g/mol. The van der Waals surface area contributed by atoms with Gasteiger partial charge in [0.15, 0.2) is 0 Å². The fourth-order valence-electron chi connectivity index (χ4n) is 0.367. The third-order valence-electron chi connectivity index (χ3n) is 0.725. The van der Waals surface area contributed by atoms with E-state index >= 15 is 0 Å². The van der Waals surface area contributed by atoms with Gasteiger partial charge in [0.1, 0.15) is 0 Å². The van der Waals surface area contributed by atoms with Gasteiger partial charge in [-0.05, 0) is 6.42 Å². The van der Waals surface area contributed by atoms with Crippen LogP contribution in [0.2, 0.25) is 0 Å². The van der Waals surface area contributed by atoms with Crippen molar-refractivity contribution >= 4 is 10.4 Å². The van der Waals surface area contributed by atoms with Crippen LogP contribution < -0.4 is 18.9 Å². The van der Waals surface area contributed by atoms with Crippen molar-refractivity contribution in [2.24, 2.45) is 0 Å². The maximum absolute atomic E-state index is 9.89. The molecule has 0 aliphatic rings. The standard InChI is InChI=1S/C4H10O5S.Li.H/c1-8-3-2-4-9-10(5,6)7;;/h2-4H2,1H3,(H,5,6,7);;/q;+1;-1. The molecule has 0 unspecified atom stereocenters. The van der Waals surface area contributed by atoms with E-state index in [2.05, 4.69) is 8.92 Å². The summed E-state index contributed by atoms with van der Waals surface area (Å²) >= 11 is 0. The minimum Gasteiger partial charge on any atom is -1.00 e. The zero-order chi connectivity index (χ0) is 8.04. The van der Waals surface area contributed by atoms with E-state index in [4.69, 9.17) is 4.55 Å². The second kappa shape index (κ2) is 7.10. The molecular formula is C4H11LiO5S. The Morgan fingerprint density at radius 1 is 1.45 bits per heavy atom. The Kier molecular flexibility index (Phi) is 9.02. The molecule has 1 N–H and O–H groups in total. The number of ether oxygens (including phenoxy) is 1. The van der Waals surface area contributed by atoms with Crippen LogP contribution in [-0.4, -0.2) is 33.3 Å². The Hall–Kier alpha value is 0.427. The molecule has 0 aromatic heterocycles. The van der Waals surface area contributed by atoms with Crippen LogP contribution in [0.25, 0.3) is 0 Å². The van der Waals surface area contributed by atoms with Gasteiger partial charge in [-0.2, -0.15) is 8.42 Å². The van der Waals surface area contributed by atoms with E-state index in [9.17, 15) is 8.42 Å². The molecule has 7 heteroatoms. The molecule has 0 fully saturated rings. The largest absolute Gasteiger partial charge is 1.00 e. The number of hydrogen-bond donors (Lipinski definition) is 1. The van der Waals surface area contributed by atoms with E-state index in [-0.39, 0.29) is 26.9 Å². The zero-order valence-electron chi connectivity index (χ0n) is 7.61. The zero-order valence-corrected chi connectivity index (χ0v) is 7.43. The molecule has 0 bridgehead atoms. The van der Waals surface area contributed by atoms with Crippen LogP contribution in [0.4, 0.5) is 0 Å². The quantitative estimate of drug-likeness (QED) is 0.275. The van der Waals surface area contributed by atoms with Crippen molar-refractivity contribution < 1.29 is 42.2 Å². The average Bonchev–Trinajstić information content (AvgIpc) is 1.78. The first-order valence-corrected chi connectivity index (χ1v) is 4.03. The van der Waals surface area contributed by atoms with Gasteiger partial charge in [0.2, 0.25) is 0 Å². The summed E-state index contributed by atoms with van der Waals surface area (Å²) in [5.74, 6) is 0. The number of methoxy groups -OCH3 is 1. The predicted molar refractivity (Wildman–Crippen MR) is 35.1 cm³/mol. The summed E-state index contributed by atoms with van der Waals surface area (Å²) in [6, 6.07) is 0. The second-order valence-corrected chi connectivity index (χ2v) is 2.69. The van der Waals surface area contributed by atoms with Crippen LogP contribution in [0, 0.1) is 0 Å². The molecule has 0 atom stereocenters. The van der Waals surface area contributed by atoms with Crippen LogP contribution in [0.3, 0.4) is 0 Å². The van der Waals surface area contributed by atoms with Crippen molar-refractivity contribution in [1.29, 1.82) is 0 Å². The van der Waals surface area contributed by atoms with E-state index in [1.54, 1.807) is 0 Å². The van der Waals surface area contributed by atoms with E-state index in [0.717, 1.165) is 0 Å². The van der Waals surface area contributed by atoms with Crippen LogP contribution in [0.15, 0.2) is 0 Å². The van der Waals surface area contributed by atoms with Gasteiger partial charge < -0.3 is 6.16 Å². The Bertz CT molecular complexity index is 170. The Balaban J connectivity index is -0.000000405. The fraction of sp³-hybridized carbons (Fsp3) is 1.00. The first kappa shape index (κ1) is 14.0. The molecule has 11 heavy (non-hydrogen) atoms.